The lowest BCUT2D eigenvalue weighted by Gasteiger charge is -2.24. The molecule has 7 heteroatoms. The zero-order valence-corrected chi connectivity index (χ0v) is 17.2. The van der Waals surface area contributed by atoms with Crippen molar-refractivity contribution in [2.45, 2.75) is 61.0 Å². The highest BCUT2D eigenvalue weighted by molar-refractivity contribution is 8.00. The van der Waals surface area contributed by atoms with Crippen molar-refractivity contribution in [2.75, 3.05) is 0 Å². The van der Waals surface area contributed by atoms with Gasteiger partial charge in [-0.3, -0.25) is 4.79 Å². The third-order valence-corrected chi connectivity index (χ3v) is 6.99. The topological polar surface area (TPSA) is 53.1 Å². The van der Waals surface area contributed by atoms with Crippen LogP contribution in [-0.2, 0) is 6.18 Å². The van der Waals surface area contributed by atoms with Gasteiger partial charge in [0.25, 0.3) is 5.56 Å². The van der Waals surface area contributed by atoms with E-state index in [1.165, 1.54) is 23.8 Å². The SMILES string of the molecule is O=c1[nH]c(/C(=C/[C@H]2CC[C@H](O)CC2)c2ccc(SC3CC3)cc2)ccc1C(F)(F)F. The summed E-state index contributed by atoms with van der Waals surface area (Å²) in [5.74, 6) is 0.203. The van der Waals surface area contributed by atoms with Gasteiger partial charge in [-0.1, -0.05) is 18.2 Å². The molecule has 2 aliphatic rings. The molecule has 2 fully saturated rings. The fourth-order valence-corrected chi connectivity index (χ4v) is 4.84. The first-order valence-electron chi connectivity index (χ1n) is 10.3. The molecule has 0 aliphatic heterocycles. The Hall–Kier alpha value is -1.99. The Morgan fingerprint density at radius 3 is 2.23 bits per heavy atom. The number of hydrogen-bond donors (Lipinski definition) is 2. The van der Waals surface area contributed by atoms with Crippen molar-refractivity contribution in [1.82, 2.24) is 4.98 Å². The first-order valence-corrected chi connectivity index (χ1v) is 11.2. The summed E-state index contributed by atoms with van der Waals surface area (Å²) in [6.45, 7) is 0. The summed E-state index contributed by atoms with van der Waals surface area (Å²) in [7, 11) is 0. The molecule has 4 rings (SSSR count). The summed E-state index contributed by atoms with van der Waals surface area (Å²) in [6.07, 6.45) is 2.56. The molecule has 0 unspecified atom stereocenters. The largest absolute Gasteiger partial charge is 0.421 e. The molecule has 1 heterocycles. The number of H-pyrrole nitrogens is 1. The second-order valence-corrected chi connectivity index (χ2v) is 9.48. The Kier molecular flexibility index (Phi) is 6.11. The molecule has 2 aliphatic carbocycles. The number of hydrogen-bond acceptors (Lipinski definition) is 3. The van der Waals surface area contributed by atoms with Crippen molar-refractivity contribution < 1.29 is 18.3 Å². The lowest BCUT2D eigenvalue weighted by Crippen LogP contribution is -2.22. The van der Waals surface area contributed by atoms with Crippen LogP contribution in [0.3, 0.4) is 0 Å². The number of rotatable bonds is 5. The Morgan fingerprint density at radius 2 is 1.67 bits per heavy atom. The molecule has 3 nitrogen and oxygen atoms in total. The third-order valence-electron chi connectivity index (χ3n) is 5.64. The van der Waals surface area contributed by atoms with Gasteiger partial charge < -0.3 is 10.1 Å². The number of aromatic nitrogens is 1. The summed E-state index contributed by atoms with van der Waals surface area (Å²) in [5, 5.41) is 10.5. The standard InChI is InChI=1S/C23H24F3NO2S/c24-23(25,26)20-11-12-21(27-22(20)29)19(13-14-1-5-16(28)6-2-14)15-3-7-17(8-4-15)30-18-9-10-18/h3-4,7-8,11-14,16,18,28H,1-2,5-6,9-10H2,(H,27,29)/b19-13+/t14-,16-. The van der Waals surface area contributed by atoms with Gasteiger partial charge in [0.05, 0.1) is 6.10 Å². The highest BCUT2D eigenvalue weighted by atomic mass is 32.2. The van der Waals surface area contributed by atoms with Gasteiger partial charge in [-0.05, 0) is 74.3 Å². The lowest BCUT2D eigenvalue weighted by atomic mass is 9.85. The second kappa shape index (κ2) is 8.63. The van der Waals surface area contributed by atoms with Crippen LogP contribution in [0.5, 0.6) is 0 Å². The number of allylic oxidation sites excluding steroid dienone is 1. The van der Waals surface area contributed by atoms with Crippen molar-refractivity contribution >= 4 is 17.3 Å². The molecular weight excluding hydrogens is 411 g/mol. The van der Waals surface area contributed by atoms with Crippen LogP contribution in [0.25, 0.3) is 5.57 Å². The summed E-state index contributed by atoms with van der Waals surface area (Å²) >= 11 is 1.84. The molecule has 30 heavy (non-hydrogen) atoms. The van der Waals surface area contributed by atoms with Gasteiger partial charge in [-0.2, -0.15) is 13.2 Å². The van der Waals surface area contributed by atoms with Gasteiger partial charge in [0.2, 0.25) is 0 Å². The van der Waals surface area contributed by atoms with Crippen LogP contribution in [0.15, 0.2) is 52.2 Å². The van der Waals surface area contributed by atoms with Crippen LogP contribution in [-0.4, -0.2) is 21.4 Å². The van der Waals surface area contributed by atoms with Crippen LogP contribution in [0.2, 0.25) is 0 Å². The Morgan fingerprint density at radius 1 is 1.00 bits per heavy atom. The first kappa shape index (κ1) is 21.2. The minimum atomic E-state index is -4.68. The van der Waals surface area contributed by atoms with Crippen molar-refractivity contribution in [3.05, 3.63) is 69.6 Å². The van der Waals surface area contributed by atoms with Crippen molar-refractivity contribution in [3.8, 4) is 0 Å². The molecule has 160 valence electrons. The number of halogens is 3. The number of benzene rings is 1. The van der Waals surface area contributed by atoms with E-state index in [1.807, 2.05) is 42.1 Å². The Balaban J connectivity index is 1.68. The quantitative estimate of drug-likeness (QED) is 0.640. The fraction of sp³-hybridized carbons (Fsp3) is 0.435. The van der Waals surface area contributed by atoms with E-state index in [0.717, 1.165) is 30.0 Å². The smallest absolute Gasteiger partial charge is 0.393 e. The van der Waals surface area contributed by atoms with Crippen LogP contribution in [0.4, 0.5) is 13.2 Å². The minimum Gasteiger partial charge on any atom is -0.393 e. The molecule has 0 amide bonds. The van der Waals surface area contributed by atoms with Gasteiger partial charge in [0.1, 0.15) is 5.56 Å². The maximum Gasteiger partial charge on any atom is 0.421 e. The zero-order chi connectivity index (χ0) is 21.3. The number of pyridine rings is 1. The zero-order valence-electron chi connectivity index (χ0n) is 16.4. The monoisotopic (exact) mass is 435 g/mol. The Bertz CT molecular complexity index is 969. The lowest BCUT2D eigenvalue weighted by molar-refractivity contribution is -0.138. The van der Waals surface area contributed by atoms with Crippen molar-refractivity contribution in [3.63, 3.8) is 0 Å². The van der Waals surface area contributed by atoms with Crippen LogP contribution < -0.4 is 5.56 Å². The molecule has 2 N–H and O–H groups in total. The van der Waals surface area contributed by atoms with E-state index in [1.54, 1.807) is 0 Å². The summed E-state index contributed by atoms with van der Waals surface area (Å²) in [4.78, 5) is 15.7. The summed E-state index contributed by atoms with van der Waals surface area (Å²) in [5.41, 5.74) is -0.364. The third kappa shape index (κ3) is 5.19. The van der Waals surface area contributed by atoms with Crippen LogP contribution in [0, 0.1) is 5.92 Å². The first-order chi connectivity index (χ1) is 14.3. The number of thioether (sulfide) groups is 1. The van der Waals surface area contributed by atoms with Crippen molar-refractivity contribution in [1.29, 1.82) is 0 Å². The highest BCUT2D eigenvalue weighted by Gasteiger charge is 2.34. The van der Waals surface area contributed by atoms with Gasteiger partial charge in [0.15, 0.2) is 0 Å². The second-order valence-electron chi connectivity index (χ2n) is 8.10. The molecule has 2 aromatic rings. The molecule has 0 atom stereocenters. The van der Waals surface area contributed by atoms with Crippen LogP contribution >= 0.6 is 11.8 Å². The van der Waals surface area contributed by atoms with E-state index in [9.17, 15) is 23.1 Å². The average Bonchev–Trinajstić information content (AvgIpc) is 3.51. The van der Waals surface area contributed by atoms with E-state index >= 15 is 0 Å². The van der Waals surface area contributed by atoms with E-state index in [4.69, 9.17) is 0 Å². The predicted molar refractivity (Wildman–Crippen MR) is 112 cm³/mol. The van der Waals surface area contributed by atoms with E-state index in [-0.39, 0.29) is 12.0 Å². The van der Waals surface area contributed by atoms with E-state index in [2.05, 4.69) is 4.98 Å². The molecular formula is C23H24F3NO2S. The molecule has 0 radical (unpaired) electrons. The van der Waals surface area contributed by atoms with Gasteiger partial charge in [-0.15, -0.1) is 11.8 Å². The van der Waals surface area contributed by atoms with Gasteiger partial charge in [-0.25, -0.2) is 0 Å². The average molecular weight is 436 g/mol. The maximum atomic E-state index is 13.0. The number of alkyl halides is 3. The van der Waals surface area contributed by atoms with Gasteiger partial charge in [0, 0.05) is 21.4 Å². The van der Waals surface area contributed by atoms with E-state index in [0.29, 0.717) is 23.8 Å². The molecule has 2 saturated carbocycles. The highest BCUT2D eigenvalue weighted by Crippen LogP contribution is 2.40. The van der Waals surface area contributed by atoms with Gasteiger partial charge >= 0.3 is 6.18 Å². The molecule has 0 bridgehead atoms. The number of nitrogens with one attached hydrogen (secondary N) is 1. The maximum absolute atomic E-state index is 13.0. The minimum absolute atomic E-state index is 0.203. The molecule has 1 aromatic heterocycles. The Labute approximate surface area is 177 Å². The summed E-state index contributed by atoms with van der Waals surface area (Å²) < 4.78 is 39.0. The predicted octanol–water partition coefficient (Wildman–Crippen LogP) is 5.63. The molecule has 1 aromatic carbocycles. The van der Waals surface area contributed by atoms with E-state index < -0.39 is 17.3 Å². The fourth-order valence-electron chi connectivity index (χ4n) is 3.79. The van der Waals surface area contributed by atoms with Crippen molar-refractivity contribution in [2.24, 2.45) is 5.92 Å². The number of aromatic amines is 1. The normalized spacial score (nSPS) is 22.9. The number of aliphatic hydroxyl groups excluding tert-OH is 1. The molecule has 0 saturated heterocycles. The number of aliphatic hydroxyl groups is 1. The molecule has 0 spiro atoms. The van der Waals surface area contributed by atoms with Crippen LogP contribution in [0.1, 0.15) is 55.3 Å². The summed E-state index contributed by atoms with van der Waals surface area (Å²) in [6, 6.07) is 10.2.